The molecule has 2 aromatic heterocycles. The molecule has 0 bridgehead atoms. The molecule has 18 heteroatoms. The molecule has 4 aromatic carbocycles. The number of pyridine rings is 2. The number of hydrogen-bond acceptors (Lipinski definition) is 14. The van der Waals surface area contributed by atoms with Crippen LogP contribution in [0.5, 0.6) is 46.0 Å². The fourth-order valence-electron chi connectivity index (χ4n) is 7.55. The van der Waals surface area contributed by atoms with Crippen LogP contribution >= 0.6 is 15.9 Å². The number of ether oxygens (including phenoxy) is 8. The highest BCUT2D eigenvalue weighted by Gasteiger charge is 2.52. The Balaban J connectivity index is 0.000000180. The maximum atomic E-state index is 13.1. The molecule has 68 heavy (non-hydrogen) atoms. The number of hydrogen-bond donors (Lipinski definition) is 4. The third kappa shape index (κ3) is 10.9. The van der Waals surface area contributed by atoms with Crippen molar-refractivity contribution in [1.82, 2.24) is 9.97 Å². The number of methoxy groups -OCH3 is 4. The number of nitrogens with one attached hydrogen (secondary N) is 2. The second-order valence-electron chi connectivity index (χ2n) is 15.6. The Morgan fingerprint density at radius 1 is 0.588 bits per heavy atom. The van der Waals surface area contributed by atoms with E-state index in [4.69, 9.17) is 47.9 Å². The summed E-state index contributed by atoms with van der Waals surface area (Å²) in [6.45, 7) is 0.452. The van der Waals surface area contributed by atoms with Gasteiger partial charge in [-0.15, -0.1) is 0 Å². The predicted octanol–water partition coefficient (Wildman–Crippen LogP) is 8.06. The number of benzene rings is 4. The van der Waals surface area contributed by atoms with E-state index in [0.29, 0.717) is 51.6 Å². The maximum absolute atomic E-state index is 13.1. The van der Waals surface area contributed by atoms with Gasteiger partial charge < -0.3 is 58.6 Å². The third-order valence-electron chi connectivity index (χ3n) is 11.6. The molecule has 16 nitrogen and oxygen atoms in total. The van der Waals surface area contributed by atoms with Crippen LogP contribution in [0.1, 0.15) is 51.7 Å². The minimum Gasteiger partial charge on any atom is -0.497 e. The zero-order valence-corrected chi connectivity index (χ0v) is 38.0. The highest BCUT2D eigenvalue weighted by Crippen LogP contribution is 2.52. The molecule has 0 radical (unpaired) electrons. The number of amides is 2. The molecule has 2 fully saturated rings. The molecule has 2 aliphatic carbocycles. The maximum Gasteiger partial charge on any atom is 0.492 e. The molecule has 4 heterocycles. The van der Waals surface area contributed by atoms with Crippen molar-refractivity contribution >= 4 is 52.0 Å². The summed E-state index contributed by atoms with van der Waals surface area (Å²) in [5.41, 5.74) is 2.99. The predicted molar refractivity (Wildman–Crippen MR) is 262 cm³/mol. The van der Waals surface area contributed by atoms with Crippen LogP contribution < -0.4 is 54.0 Å². The molecular formula is C50H54BBrN4O12. The van der Waals surface area contributed by atoms with Crippen LogP contribution in [-0.2, 0) is 20.4 Å². The Bertz CT molecular complexity index is 2720. The van der Waals surface area contributed by atoms with Crippen molar-refractivity contribution in [3.05, 3.63) is 125 Å². The quantitative estimate of drug-likeness (QED) is 0.0859. The SMILES string of the molecule is C.C.COc1ccc(-c2ccc(NC(=O)C3(c4ccc5c(c4)OCO5)CC3)nc2)c(OC)c1.COc1ccc(B(O)O)c(OC)c1.O=C(Nc1ccc(Br)cn1)C1(c2ccc3c(c2)OCO3)CC1. The van der Waals surface area contributed by atoms with Crippen molar-refractivity contribution in [3.8, 4) is 57.1 Å². The number of anilines is 2. The first kappa shape index (κ1) is 50.4. The Labute approximate surface area is 404 Å². The summed E-state index contributed by atoms with van der Waals surface area (Å²) in [7, 11) is 4.69. The van der Waals surface area contributed by atoms with Gasteiger partial charge in [0.15, 0.2) is 23.0 Å². The zero-order valence-electron chi connectivity index (χ0n) is 36.5. The van der Waals surface area contributed by atoms with Gasteiger partial charge in [0, 0.05) is 45.6 Å². The Kier molecular flexibility index (Phi) is 16.1. The molecular weight excluding hydrogens is 939 g/mol. The molecule has 356 valence electrons. The topological polar surface area (TPSA) is 198 Å². The van der Waals surface area contributed by atoms with Crippen LogP contribution in [0.15, 0.2) is 114 Å². The summed E-state index contributed by atoms with van der Waals surface area (Å²) in [5.74, 6) is 6.24. The van der Waals surface area contributed by atoms with E-state index in [-0.39, 0.29) is 40.3 Å². The van der Waals surface area contributed by atoms with E-state index in [0.717, 1.165) is 63.9 Å². The van der Waals surface area contributed by atoms with Gasteiger partial charge in [0.25, 0.3) is 0 Å². The van der Waals surface area contributed by atoms with E-state index in [1.807, 2.05) is 66.7 Å². The first-order valence-electron chi connectivity index (χ1n) is 20.8. The Morgan fingerprint density at radius 3 is 1.51 bits per heavy atom. The van der Waals surface area contributed by atoms with E-state index in [9.17, 15) is 9.59 Å². The van der Waals surface area contributed by atoms with Crippen LogP contribution in [0.25, 0.3) is 11.1 Å². The number of nitrogens with zero attached hydrogens (tertiary/aromatic N) is 2. The summed E-state index contributed by atoms with van der Waals surface area (Å²) in [5, 5.41) is 23.7. The van der Waals surface area contributed by atoms with E-state index in [1.165, 1.54) is 14.2 Å². The van der Waals surface area contributed by atoms with Gasteiger partial charge in [-0.3, -0.25) is 9.59 Å². The number of rotatable bonds is 12. The van der Waals surface area contributed by atoms with Gasteiger partial charge in [-0.1, -0.05) is 33.1 Å². The second kappa shape index (κ2) is 21.7. The van der Waals surface area contributed by atoms with Crippen LogP contribution in [0.3, 0.4) is 0 Å². The van der Waals surface area contributed by atoms with E-state index >= 15 is 0 Å². The lowest BCUT2D eigenvalue weighted by Gasteiger charge is -2.16. The molecule has 4 aliphatic rings. The number of carbonyl (C=O) groups excluding carboxylic acids is 2. The van der Waals surface area contributed by atoms with Crippen molar-refractivity contribution < 1.29 is 57.5 Å². The molecule has 0 spiro atoms. The van der Waals surface area contributed by atoms with Crippen LogP contribution in [-0.4, -0.2) is 81.0 Å². The minimum absolute atomic E-state index is 0. The minimum atomic E-state index is -1.53. The summed E-state index contributed by atoms with van der Waals surface area (Å²) in [6.07, 6.45) is 6.62. The van der Waals surface area contributed by atoms with Crippen LogP contribution in [0.2, 0.25) is 0 Å². The number of aromatic nitrogens is 2. The summed E-state index contributed by atoms with van der Waals surface area (Å²) < 4.78 is 43.1. The Hall–Kier alpha value is -7.02. The highest BCUT2D eigenvalue weighted by atomic mass is 79.9. The van der Waals surface area contributed by atoms with E-state index in [2.05, 4.69) is 36.5 Å². The average Bonchev–Trinajstić information content (AvgIpc) is 4.25. The third-order valence-corrected chi connectivity index (χ3v) is 12.1. The molecule has 2 aliphatic heterocycles. The molecule has 0 atom stereocenters. The molecule has 10 rings (SSSR count). The van der Waals surface area contributed by atoms with Gasteiger partial charge >= 0.3 is 7.12 Å². The lowest BCUT2D eigenvalue weighted by molar-refractivity contribution is -0.119. The van der Waals surface area contributed by atoms with Crippen molar-refractivity contribution in [3.63, 3.8) is 0 Å². The number of halogens is 1. The van der Waals surface area contributed by atoms with Gasteiger partial charge in [0.2, 0.25) is 25.4 Å². The first-order valence-corrected chi connectivity index (χ1v) is 21.6. The molecule has 6 aromatic rings. The highest BCUT2D eigenvalue weighted by molar-refractivity contribution is 9.10. The monoisotopic (exact) mass is 992 g/mol. The number of fused-ring (bicyclic) bond motifs is 2. The van der Waals surface area contributed by atoms with Gasteiger partial charge in [-0.25, -0.2) is 9.97 Å². The lowest BCUT2D eigenvalue weighted by atomic mass is 9.79. The molecule has 0 saturated heterocycles. The average molecular weight is 994 g/mol. The van der Waals surface area contributed by atoms with Crippen LogP contribution in [0, 0.1) is 0 Å². The molecule has 4 N–H and O–H groups in total. The van der Waals surface area contributed by atoms with E-state index < -0.39 is 17.9 Å². The van der Waals surface area contributed by atoms with Crippen LogP contribution in [0.4, 0.5) is 11.6 Å². The fraction of sp³-hybridized carbons (Fsp3) is 0.280. The van der Waals surface area contributed by atoms with E-state index in [1.54, 1.807) is 56.9 Å². The molecule has 2 amide bonds. The largest absolute Gasteiger partial charge is 0.497 e. The standard InChI is InChI=1S/C24H22N2O5.C16H13BrN2O3.C8H11BO4.2CH4/c1-28-17-5-6-18(20(12-17)29-2)15-3-8-22(25-13-15)26-23(27)24(9-10-24)16-4-7-19-21(11-16)31-14-30-19;17-11-2-4-14(18-8-11)19-15(20)16(5-6-16)10-1-3-12-13(7-10)22-9-21-12;1-12-6-3-4-7(9(10)11)8(5-6)13-2;;/h3-8,11-13H,9-10,14H2,1-2H3,(H,25,26,27);1-4,7-8H,5-6,9H2,(H,18,19,20);3-5,10-11H,1-2H3;2*1H4. The number of carbonyl (C=O) groups is 2. The van der Waals surface area contributed by atoms with Gasteiger partial charge in [-0.2, -0.15) is 0 Å². The summed E-state index contributed by atoms with van der Waals surface area (Å²) in [6, 6.07) is 29.1. The fourth-order valence-corrected chi connectivity index (χ4v) is 7.78. The summed E-state index contributed by atoms with van der Waals surface area (Å²) >= 11 is 3.33. The lowest BCUT2D eigenvalue weighted by Crippen LogP contribution is -2.31. The normalized spacial score (nSPS) is 14.3. The van der Waals surface area contributed by atoms with Crippen molar-refractivity contribution in [2.45, 2.75) is 51.4 Å². The second-order valence-corrected chi connectivity index (χ2v) is 16.5. The molecule has 2 saturated carbocycles. The molecule has 0 unspecified atom stereocenters. The van der Waals surface area contributed by atoms with Gasteiger partial charge in [0.1, 0.15) is 34.6 Å². The van der Waals surface area contributed by atoms with Crippen molar-refractivity contribution in [1.29, 1.82) is 0 Å². The first-order chi connectivity index (χ1) is 32.0. The van der Waals surface area contributed by atoms with Crippen molar-refractivity contribution in [2.75, 3.05) is 52.7 Å². The Morgan fingerprint density at radius 2 is 1.07 bits per heavy atom. The van der Waals surface area contributed by atoms with Gasteiger partial charge in [-0.05, 0) is 119 Å². The smallest absolute Gasteiger partial charge is 0.492 e. The zero-order chi connectivity index (χ0) is 46.4. The van der Waals surface area contributed by atoms with Crippen molar-refractivity contribution in [2.24, 2.45) is 0 Å². The summed E-state index contributed by atoms with van der Waals surface area (Å²) in [4.78, 5) is 34.3. The van der Waals surface area contributed by atoms with Gasteiger partial charge in [0.05, 0.1) is 39.3 Å².